The van der Waals surface area contributed by atoms with Crippen molar-refractivity contribution in [1.82, 2.24) is 10.2 Å². The van der Waals surface area contributed by atoms with Gasteiger partial charge >= 0.3 is 0 Å². The molecule has 3 aromatic rings. The van der Waals surface area contributed by atoms with Gasteiger partial charge in [0.2, 0.25) is 0 Å². The molecule has 0 saturated heterocycles. The maximum absolute atomic E-state index is 12.7. The Bertz CT molecular complexity index is 1020. The van der Waals surface area contributed by atoms with Gasteiger partial charge in [0.15, 0.2) is 0 Å². The molecular weight excluding hydrogens is 386 g/mol. The van der Waals surface area contributed by atoms with E-state index in [1.54, 1.807) is 23.5 Å². The number of nitrogens with one attached hydrogen (secondary N) is 1. The zero-order chi connectivity index (χ0) is 20.2. The highest BCUT2D eigenvalue weighted by Gasteiger charge is 2.27. The zero-order valence-electron chi connectivity index (χ0n) is 15.8. The van der Waals surface area contributed by atoms with Gasteiger partial charge in [-0.3, -0.25) is 19.8 Å². The number of carbonyl (C=O) groups excluding carboxylic acids is 1. The number of nitrogens with zero attached hydrogens (tertiary/aromatic N) is 2. The number of nitro benzene ring substituents is 1. The standard InChI is InChI=1S/C22H21N3O3S/c26-22(18-8-3-4-9-19(18)25(27)28)23-14-20(21-10-5-13-29-21)24-12-11-16-6-1-2-7-17(16)15-24/h1-10,13,20H,11-12,14-15H2,(H,23,26)/t20-/m1/s1. The normalized spacial score (nSPS) is 14.8. The lowest BCUT2D eigenvalue weighted by Crippen LogP contribution is -2.40. The lowest BCUT2D eigenvalue weighted by Gasteiger charge is -2.35. The van der Waals surface area contributed by atoms with Crippen molar-refractivity contribution in [2.45, 2.75) is 19.0 Å². The summed E-state index contributed by atoms with van der Waals surface area (Å²) in [5.41, 5.74) is 2.60. The Kier molecular flexibility index (Phi) is 5.69. The van der Waals surface area contributed by atoms with Crippen molar-refractivity contribution in [2.75, 3.05) is 13.1 Å². The molecule has 1 N–H and O–H groups in total. The van der Waals surface area contributed by atoms with E-state index in [2.05, 4.69) is 40.5 Å². The largest absolute Gasteiger partial charge is 0.350 e. The summed E-state index contributed by atoms with van der Waals surface area (Å²) >= 11 is 1.66. The molecule has 4 rings (SSSR count). The number of benzene rings is 2. The van der Waals surface area contributed by atoms with E-state index in [-0.39, 0.29) is 17.3 Å². The maximum atomic E-state index is 12.7. The van der Waals surface area contributed by atoms with Crippen LogP contribution in [0.25, 0.3) is 0 Å². The first-order valence-corrected chi connectivity index (χ1v) is 10.4. The second-order valence-electron chi connectivity index (χ2n) is 7.00. The fourth-order valence-corrected chi connectivity index (χ4v) is 4.64. The van der Waals surface area contributed by atoms with Gasteiger partial charge < -0.3 is 5.32 Å². The molecule has 148 valence electrons. The second-order valence-corrected chi connectivity index (χ2v) is 7.98. The van der Waals surface area contributed by atoms with Gasteiger partial charge in [0.1, 0.15) is 5.56 Å². The van der Waals surface area contributed by atoms with Crippen molar-refractivity contribution < 1.29 is 9.72 Å². The van der Waals surface area contributed by atoms with Crippen molar-refractivity contribution in [1.29, 1.82) is 0 Å². The molecule has 2 heterocycles. The van der Waals surface area contributed by atoms with Crippen LogP contribution in [0.3, 0.4) is 0 Å². The van der Waals surface area contributed by atoms with E-state index in [1.165, 1.54) is 28.1 Å². The van der Waals surface area contributed by atoms with E-state index < -0.39 is 10.8 Å². The van der Waals surface area contributed by atoms with Gasteiger partial charge in [-0.25, -0.2) is 0 Å². The molecule has 1 aliphatic rings. The van der Waals surface area contributed by atoms with Gasteiger partial charge in [0.05, 0.1) is 11.0 Å². The van der Waals surface area contributed by atoms with Crippen LogP contribution >= 0.6 is 11.3 Å². The molecule has 1 aromatic heterocycles. The molecule has 1 aliphatic heterocycles. The first-order valence-electron chi connectivity index (χ1n) is 9.49. The number of amides is 1. The zero-order valence-corrected chi connectivity index (χ0v) is 16.6. The van der Waals surface area contributed by atoms with Crippen molar-refractivity contribution in [2.24, 2.45) is 0 Å². The predicted octanol–water partition coefficient (Wildman–Crippen LogP) is 4.19. The van der Waals surface area contributed by atoms with E-state index in [1.807, 2.05) is 11.4 Å². The Morgan fingerprint density at radius 1 is 1.10 bits per heavy atom. The van der Waals surface area contributed by atoms with Crippen molar-refractivity contribution in [3.05, 3.63) is 97.7 Å². The Morgan fingerprint density at radius 3 is 2.62 bits per heavy atom. The van der Waals surface area contributed by atoms with Gasteiger partial charge in [-0.05, 0) is 35.1 Å². The molecule has 0 radical (unpaired) electrons. The Morgan fingerprint density at radius 2 is 1.86 bits per heavy atom. The molecule has 0 fully saturated rings. The molecule has 7 heteroatoms. The van der Waals surface area contributed by atoms with E-state index in [9.17, 15) is 14.9 Å². The number of para-hydroxylation sites is 1. The summed E-state index contributed by atoms with van der Waals surface area (Å²) in [4.78, 5) is 27.0. The van der Waals surface area contributed by atoms with Crippen LogP contribution in [0.2, 0.25) is 0 Å². The summed E-state index contributed by atoms with van der Waals surface area (Å²) < 4.78 is 0. The molecule has 0 saturated carbocycles. The minimum Gasteiger partial charge on any atom is -0.350 e. The van der Waals surface area contributed by atoms with Crippen LogP contribution in [0.15, 0.2) is 66.0 Å². The van der Waals surface area contributed by atoms with Crippen LogP contribution in [-0.4, -0.2) is 28.8 Å². The summed E-state index contributed by atoms with van der Waals surface area (Å²) in [5.74, 6) is -0.420. The predicted molar refractivity (Wildman–Crippen MR) is 113 cm³/mol. The number of hydrogen-bond acceptors (Lipinski definition) is 5. The quantitative estimate of drug-likeness (QED) is 0.491. The third-order valence-corrected chi connectivity index (χ3v) is 6.25. The van der Waals surface area contributed by atoms with Gasteiger partial charge in [-0.1, -0.05) is 42.5 Å². The monoisotopic (exact) mass is 407 g/mol. The third kappa shape index (κ3) is 4.21. The molecule has 0 bridgehead atoms. The van der Waals surface area contributed by atoms with Crippen LogP contribution in [0, 0.1) is 10.1 Å². The molecular formula is C22H21N3O3S. The summed E-state index contributed by atoms with van der Waals surface area (Å²) in [6.07, 6.45) is 0.968. The van der Waals surface area contributed by atoms with Crippen LogP contribution < -0.4 is 5.32 Å². The second kappa shape index (κ2) is 8.55. The first-order chi connectivity index (χ1) is 14.1. The number of fused-ring (bicyclic) bond motifs is 1. The average Bonchev–Trinajstić information content (AvgIpc) is 3.28. The smallest absolute Gasteiger partial charge is 0.282 e. The molecule has 2 aromatic carbocycles. The highest BCUT2D eigenvalue weighted by atomic mass is 32.1. The van der Waals surface area contributed by atoms with Gasteiger partial charge in [0, 0.05) is 30.6 Å². The van der Waals surface area contributed by atoms with Gasteiger partial charge in [-0.15, -0.1) is 11.3 Å². The van der Waals surface area contributed by atoms with Crippen molar-refractivity contribution in [3.63, 3.8) is 0 Å². The SMILES string of the molecule is O=C(NC[C@H](c1cccs1)N1CCc2ccccc2C1)c1ccccc1[N+](=O)[O-]. The third-order valence-electron chi connectivity index (χ3n) is 5.27. The number of nitro groups is 1. The summed E-state index contributed by atoms with van der Waals surface area (Å²) in [6.45, 7) is 2.12. The topological polar surface area (TPSA) is 75.5 Å². The molecule has 6 nitrogen and oxygen atoms in total. The fourth-order valence-electron chi connectivity index (χ4n) is 3.78. The fraction of sp³-hybridized carbons (Fsp3) is 0.227. The average molecular weight is 407 g/mol. The molecule has 0 unspecified atom stereocenters. The minimum absolute atomic E-state index is 0.0232. The van der Waals surface area contributed by atoms with Crippen LogP contribution in [-0.2, 0) is 13.0 Å². The highest BCUT2D eigenvalue weighted by Crippen LogP contribution is 2.30. The van der Waals surface area contributed by atoms with Crippen molar-refractivity contribution in [3.8, 4) is 0 Å². The van der Waals surface area contributed by atoms with Gasteiger partial charge in [0.25, 0.3) is 11.6 Å². The Balaban J connectivity index is 1.52. The molecule has 1 amide bonds. The summed E-state index contributed by atoms with van der Waals surface area (Å²) in [6, 6.07) is 18.6. The van der Waals surface area contributed by atoms with E-state index in [0.29, 0.717) is 6.54 Å². The maximum Gasteiger partial charge on any atom is 0.282 e. The van der Waals surface area contributed by atoms with Crippen LogP contribution in [0.4, 0.5) is 5.69 Å². The van der Waals surface area contributed by atoms with Crippen LogP contribution in [0.1, 0.15) is 32.4 Å². The molecule has 1 atom stereocenters. The number of carbonyl (C=O) groups is 1. The molecule has 0 spiro atoms. The van der Waals surface area contributed by atoms with E-state index >= 15 is 0 Å². The number of rotatable bonds is 6. The first kappa shape index (κ1) is 19.3. The highest BCUT2D eigenvalue weighted by molar-refractivity contribution is 7.10. The van der Waals surface area contributed by atoms with E-state index in [4.69, 9.17) is 0 Å². The van der Waals surface area contributed by atoms with E-state index in [0.717, 1.165) is 19.5 Å². The molecule has 29 heavy (non-hydrogen) atoms. The number of hydrogen-bond donors (Lipinski definition) is 1. The molecule has 0 aliphatic carbocycles. The summed E-state index contributed by atoms with van der Waals surface area (Å²) in [7, 11) is 0. The lowest BCUT2D eigenvalue weighted by atomic mass is 9.98. The van der Waals surface area contributed by atoms with Crippen LogP contribution in [0.5, 0.6) is 0 Å². The van der Waals surface area contributed by atoms with Gasteiger partial charge in [-0.2, -0.15) is 0 Å². The lowest BCUT2D eigenvalue weighted by molar-refractivity contribution is -0.385. The Labute approximate surface area is 172 Å². The number of thiophene rings is 1. The Hall–Kier alpha value is -3.03. The summed E-state index contributed by atoms with van der Waals surface area (Å²) in [5, 5.41) is 16.2. The van der Waals surface area contributed by atoms with Crippen molar-refractivity contribution >= 4 is 22.9 Å². The minimum atomic E-state index is -0.521.